The molecule has 374 valence electrons. The zero-order chi connectivity index (χ0) is 50.1. The molecule has 0 saturated carbocycles. The number of fused-ring (bicyclic) bond motifs is 13. The number of piperazine rings is 1. The van der Waals surface area contributed by atoms with Crippen LogP contribution in [0.1, 0.15) is 95.5 Å². The number of amides is 2. The SMILES string of the molecule is C/C1=C/C=C/[C@H](C)[C@H](O)CC(O)C[C@H](OC(=O)CC(=O)N2CCN(c3ncccn3)CC2)CC/C=C/O[C@@]2(C)Oc3c(C)c(O)c4c(O)c(c5c(c4c3C2=O)=NC2(CCN(CC(C)C)CC2)N=5)NC1=O. The molecule has 70 heavy (non-hydrogen) atoms. The molecule has 1 spiro atoms. The Morgan fingerprint density at radius 3 is 2.36 bits per heavy atom. The number of rotatable bonds is 6. The number of aliphatic hydroxyl groups is 2. The van der Waals surface area contributed by atoms with Crippen molar-refractivity contribution in [2.24, 2.45) is 21.8 Å². The van der Waals surface area contributed by atoms with E-state index in [1.807, 2.05) is 4.90 Å². The van der Waals surface area contributed by atoms with Crippen molar-refractivity contribution in [1.29, 1.82) is 0 Å². The fourth-order valence-corrected chi connectivity index (χ4v) is 9.79. The first-order valence-corrected chi connectivity index (χ1v) is 24.2. The number of Topliss-reactive ketones (excluding diaryl/α,β-unsaturated/α-hetero) is 1. The number of hydrogen-bond acceptors (Lipinski definition) is 17. The lowest BCUT2D eigenvalue weighted by Gasteiger charge is -2.36. The van der Waals surface area contributed by atoms with Crippen LogP contribution >= 0.6 is 0 Å². The number of phenolic OH excluding ortho intramolecular Hbond substituents is 2. The molecule has 9 rings (SSSR count). The molecule has 1 unspecified atom stereocenters. The topological polar surface area (TPSA) is 249 Å². The van der Waals surface area contributed by atoms with E-state index < -0.39 is 71.4 Å². The number of piperidine rings is 1. The van der Waals surface area contributed by atoms with Crippen LogP contribution in [0, 0.1) is 18.8 Å². The number of aromatic nitrogens is 2. The van der Waals surface area contributed by atoms with Crippen LogP contribution in [0.15, 0.2) is 64.6 Å². The third-order valence-electron chi connectivity index (χ3n) is 13.8. The average molecular weight is 965 g/mol. The first-order chi connectivity index (χ1) is 33.4. The van der Waals surface area contributed by atoms with Crippen LogP contribution in [0.4, 0.5) is 11.6 Å². The van der Waals surface area contributed by atoms with Gasteiger partial charge in [-0.2, -0.15) is 0 Å². The summed E-state index contributed by atoms with van der Waals surface area (Å²) in [5, 5.41) is 49.6. The van der Waals surface area contributed by atoms with Crippen molar-refractivity contribution in [3.63, 3.8) is 0 Å². The van der Waals surface area contributed by atoms with Gasteiger partial charge in [0.05, 0.1) is 34.8 Å². The highest BCUT2D eigenvalue weighted by molar-refractivity contribution is 6.19. The van der Waals surface area contributed by atoms with Crippen LogP contribution in [0.25, 0.3) is 10.8 Å². The second-order valence-corrected chi connectivity index (χ2v) is 19.6. The number of ether oxygens (including phenoxy) is 3. The molecule has 2 aromatic carbocycles. The molecule has 19 heteroatoms. The molecule has 0 aliphatic carbocycles. The van der Waals surface area contributed by atoms with Gasteiger partial charge in [-0.3, -0.25) is 29.2 Å². The number of hydrogen-bond donors (Lipinski definition) is 5. The van der Waals surface area contributed by atoms with Crippen molar-refractivity contribution in [2.75, 3.05) is 56.0 Å². The smallest absolute Gasteiger partial charge is 0.315 e. The molecule has 5 bridgehead atoms. The fourth-order valence-electron chi connectivity index (χ4n) is 9.79. The molecule has 7 heterocycles. The number of likely N-dealkylation sites (tertiary alicyclic amines) is 1. The number of benzene rings is 2. The van der Waals surface area contributed by atoms with Gasteiger partial charge in [-0.15, -0.1) is 0 Å². The van der Waals surface area contributed by atoms with Gasteiger partial charge in [-0.05, 0) is 51.2 Å². The standard InChI is InChI=1S/C51H64N8O11/c1-29(2)28-57-18-14-51(15-19-57)55-41-38-39-44(64)32(5)46-40(38)47(66)50(6,70-46)68-24-8-7-13-34(69-37(63)27-36(62)58-20-22-59(23-21-58)49-52-16-10-17-53-49)25-33(60)26-35(61)30(3)11-9-12-31(4)48(67)54-43(45(39)65)42(41)56-51/h8-12,16-17,24,29-30,33-35,60-61,64-65H,7,13-15,18-23,25-28H2,1-6H3,(H,54,67)/b11-9+,24-8+,31-12-/t30-,33?,34+,35+,50-/m0/s1. The summed E-state index contributed by atoms with van der Waals surface area (Å²) >= 11 is 0. The number of anilines is 2. The number of ketones is 1. The van der Waals surface area contributed by atoms with Gasteiger partial charge in [0.15, 0.2) is 11.4 Å². The number of nitrogens with one attached hydrogen (secondary N) is 1. The summed E-state index contributed by atoms with van der Waals surface area (Å²) in [7, 11) is 0. The van der Waals surface area contributed by atoms with Crippen LogP contribution < -0.4 is 25.7 Å². The van der Waals surface area contributed by atoms with Gasteiger partial charge in [0.1, 0.15) is 35.1 Å². The Bertz CT molecular complexity index is 2750. The molecule has 0 radical (unpaired) electrons. The molecule has 2 saturated heterocycles. The van der Waals surface area contributed by atoms with E-state index in [1.165, 1.54) is 13.2 Å². The minimum absolute atomic E-state index is 0.0356. The largest absolute Gasteiger partial charge is 0.507 e. The molecule has 2 fully saturated rings. The van der Waals surface area contributed by atoms with Crippen molar-refractivity contribution in [3.05, 3.63) is 76.4 Å². The highest BCUT2D eigenvalue weighted by Crippen LogP contribution is 2.50. The quantitative estimate of drug-likeness (QED) is 0.134. The molecular weight excluding hydrogens is 901 g/mol. The summed E-state index contributed by atoms with van der Waals surface area (Å²) in [6, 6.07) is 1.73. The van der Waals surface area contributed by atoms with Crippen molar-refractivity contribution in [3.8, 4) is 17.2 Å². The molecule has 2 amide bonds. The van der Waals surface area contributed by atoms with Crippen molar-refractivity contribution >= 4 is 46.0 Å². The van der Waals surface area contributed by atoms with Gasteiger partial charge in [-0.1, -0.05) is 39.0 Å². The van der Waals surface area contributed by atoms with Crippen molar-refractivity contribution < 1.29 is 53.8 Å². The zero-order valence-electron chi connectivity index (χ0n) is 40.7. The molecule has 6 aliphatic rings. The molecular formula is C51H64N8O11. The van der Waals surface area contributed by atoms with Gasteiger partial charge >= 0.3 is 11.8 Å². The van der Waals surface area contributed by atoms with E-state index in [4.69, 9.17) is 24.2 Å². The summed E-state index contributed by atoms with van der Waals surface area (Å²) in [6.07, 6.45) is 8.92. The van der Waals surface area contributed by atoms with Gasteiger partial charge in [-0.25, -0.2) is 9.97 Å². The van der Waals surface area contributed by atoms with E-state index in [0.29, 0.717) is 64.0 Å². The lowest BCUT2D eigenvalue weighted by Crippen LogP contribution is -2.49. The molecule has 6 aliphatic heterocycles. The summed E-state index contributed by atoms with van der Waals surface area (Å²) < 4.78 is 18.2. The van der Waals surface area contributed by atoms with E-state index in [2.05, 4.69) is 34.0 Å². The van der Waals surface area contributed by atoms with E-state index in [0.717, 1.165) is 6.54 Å². The van der Waals surface area contributed by atoms with E-state index in [-0.39, 0.29) is 81.1 Å². The maximum absolute atomic E-state index is 14.7. The Hall–Kier alpha value is -6.44. The molecule has 5 atom stereocenters. The van der Waals surface area contributed by atoms with Crippen molar-refractivity contribution in [1.82, 2.24) is 19.8 Å². The number of nitrogens with zero attached hydrogens (tertiary/aromatic N) is 7. The summed E-state index contributed by atoms with van der Waals surface area (Å²) in [6.45, 7) is 14.7. The Morgan fingerprint density at radius 1 is 0.957 bits per heavy atom. The van der Waals surface area contributed by atoms with Gasteiger partial charge in [0, 0.05) is 107 Å². The van der Waals surface area contributed by atoms with Gasteiger partial charge < -0.3 is 54.7 Å². The third kappa shape index (κ3) is 10.4. The minimum Gasteiger partial charge on any atom is -0.507 e. The van der Waals surface area contributed by atoms with Crippen LogP contribution in [-0.4, -0.2) is 139 Å². The summed E-state index contributed by atoms with van der Waals surface area (Å²) in [5.74, 6) is -4.58. The second-order valence-electron chi connectivity index (χ2n) is 19.6. The highest BCUT2D eigenvalue weighted by atomic mass is 16.7. The predicted molar refractivity (Wildman–Crippen MR) is 258 cm³/mol. The molecule has 1 aromatic heterocycles. The number of esters is 1. The summed E-state index contributed by atoms with van der Waals surface area (Å²) in [4.78, 5) is 80.0. The van der Waals surface area contributed by atoms with Gasteiger partial charge in [0.25, 0.3) is 11.7 Å². The lowest BCUT2D eigenvalue weighted by molar-refractivity contribution is -0.155. The number of allylic oxidation sites excluding steroid dienone is 3. The second kappa shape index (κ2) is 20.5. The Morgan fingerprint density at radius 2 is 1.66 bits per heavy atom. The first-order valence-electron chi connectivity index (χ1n) is 24.2. The van der Waals surface area contributed by atoms with E-state index >= 15 is 0 Å². The molecule has 19 nitrogen and oxygen atoms in total. The number of phenols is 2. The van der Waals surface area contributed by atoms with Crippen LogP contribution in [0.3, 0.4) is 0 Å². The van der Waals surface area contributed by atoms with E-state index in [9.17, 15) is 39.6 Å². The zero-order valence-corrected chi connectivity index (χ0v) is 40.7. The lowest BCUT2D eigenvalue weighted by atomic mass is 9.93. The first kappa shape index (κ1) is 50.0. The molecule has 3 aromatic rings. The maximum atomic E-state index is 14.7. The average Bonchev–Trinajstić information content (AvgIpc) is 3.83. The van der Waals surface area contributed by atoms with Gasteiger partial charge in [0.2, 0.25) is 11.9 Å². The maximum Gasteiger partial charge on any atom is 0.315 e. The number of carbonyl (C=O) groups is 4. The van der Waals surface area contributed by atoms with Crippen LogP contribution in [0.2, 0.25) is 0 Å². The van der Waals surface area contributed by atoms with Crippen LogP contribution in [-0.2, 0) is 23.9 Å². The number of aromatic hydroxyl groups is 2. The Labute approximate surface area is 406 Å². The highest BCUT2D eigenvalue weighted by Gasteiger charge is 2.50. The number of carbonyl (C=O) groups excluding carboxylic acids is 4. The van der Waals surface area contributed by atoms with E-state index in [1.54, 1.807) is 68.4 Å². The Balaban J connectivity index is 1.08. The van der Waals surface area contributed by atoms with Crippen LogP contribution in [0.5, 0.6) is 17.2 Å². The Kier molecular flexibility index (Phi) is 14.6. The third-order valence-corrected chi connectivity index (χ3v) is 13.8. The fraction of sp³-hybridized carbons (Fsp3) is 0.529. The van der Waals surface area contributed by atoms with Crippen molar-refractivity contribution in [2.45, 2.75) is 116 Å². The normalized spacial score (nSPS) is 27.0. The minimum atomic E-state index is -1.94. The number of aliphatic hydroxyl groups excluding tert-OH is 2. The predicted octanol–water partition coefficient (Wildman–Crippen LogP) is 3.90. The molecule has 5 N–H and O–H groups in total. The monoisotopic (exact) mass is 964 g/mol. The summed E-state index contributed by atoms with van der Waals surface area (Å²) in [5.41, 5.74) is -0.604.